The molecule has 1 aliphatic heterocycles. The lowest BCUT2D eigenvalue weighted by Gasteiger charge is -2.21. The van der Waals surface area contributed by atoms with Gasteiger partial charge >= 0.3 is 0 Å². The van der Waals surface area contributed by atoms with E-state index in [1.54, 1.807) is 23.0 Å². The van der Waals surface area contributed by atoms with Gasteiger partial charge in [0.05, 0.1) is 24.0 Å². The van der Waals surface area contributed by atoms with Gasteiger partial charge in [0.15, 0.2) is 0 Å². The number of nitrogens with one attached hydrogen (secondary N) is 1. The minimum absolute atomic E-state index is 0.0757. The van der Waals surface area contributed by atoms with Crippen molar-refractivity contribution in [3.05, 3.63) is 36.9 Å². The smallest absolute Gasteiger partial charge is 0.244 e. The molecule has 3 rings (SSSR count). The Bertz CT molecular complexity index is 873. The van der Waals surface area contributed by atoms with Crippen LogP contribution in [0.3, 0.4) is 0 Å². The molecule has 1 saturated heterocycles. The fraction of sp³-hybridized carbons (Fsp3) is 0.444. The Kier molecular flexibility index (Phi) is 6.12. The first-order valence-electron chi connectivity index (χ1n) is 8.94. The van der Waals surface area contributed by atoms with Crippen LogP contribution in [0.2, 0.25) is 0 Å². The van der Waals surface area contributed by atoms with Crippen LogP contribution in [0, 0.1) is 0 Å². The molecule has 2 aromatic rings. The summed E-state index contributed by atoms with van der Waals surface area (Å²) >= 11 is 0. The molecule has 0 saturated carbocycles. The summed E-state index contributed by atoms with van der Waals surface area (Å²) in [5.74, 6) is 0.111. The molecule has 1 aliphatic rings. The van der Waals surface area contributed by atoms with Gasteiger partial charge in [-0.25, -0.2) is 13.4 Å². The first-order chi connectivity index (χ1) is 13.0. The van der Waals surface area contributed by atoms with Crippen molar-refractivity contribution >= 4 is 21.6 Å². The summed E-state index contributed by atoms with van der Waals surface area (Å²) < 4.78 is 34.4. The number of nitrogens with zero attached hydrogens (tertiary/aromatic N) is 3. The van der Waals surface area contributed by atoms with Crippen molar-refractivity contribution in [2.75, 3.05) is 25.5 Å². The van der Waals surface area contributed by atoms with Gasteiger partial charge in [-0.15, -0.1) is 0 Å². The highest BCUT2D eigenvalue weighted by Crippen LogP contribution is 2.29. The van der Waals surface area contributed by atoms with Crippen LogP contribution in [-0.2, 0) is 21.4 Å². The number of carbonyl (C=O) groups excluding carboxylic acids is 1. The topological polar surface area (TPSA) is 93.5 Å². The second kappa shape index (κ2) is 8.53. The molecule has 9 heteroatoms. The van der Waals surface area contributed by atoms with E-state index in [0.29, 0.717) is 24.5 Å². The summed E-state index contributed by atoms with van der Waals surface area (Å²) in [7, 11) is -2.13. The van der Waals surface area contributed by atoms with Gasteiger partial charge in [-0.3, -0.25) is 4.79 Å². The third kappa shape index (κ3) is 4.67. The zero-order valence-electron chi connectivity index (χ0n) is 15.3. The molecule has 1 aromatic heterocycles. The van der Waals surface area contributed by atoms with Gasteiger partial charge in [-0.1, -0.05) is 12.8 Å². The van der Waals surface area contributed by atoms with E-state index in [2.05, 4.69) is 10.3 Å². The molecule has 27 heavy (non-hydrogen) atoms. The van der Waals surface area contributed by atoms with Crippen LogP contribution in [0.1, 0.15) is 25.7 Å². The Morgan fingerprint density at radius 3 is 2.59 bits per heavy atom. The zero-order valence-corrected chi connectivity index (χ0v) is 16.1. The van der Waals surface area contributed by atoms with E-state index >= 15 is 0 Å². The Morgan fingerprint density at radius 2 is 1.96 bits per heavy atom. The standard InChI is InChI=1S/C18H24N4O4S/c1-26-17-7-6-15(27(24,25)22-9-4-2-3-5-10-22)12-16(17)20-18(23)13-21-11-8-19-14-21/h6-8,11-12,14H,2-5,9-10,13H2,1H3,(H,20,23). The Balaban J connectivity index is 1.82. The molecule has 1 N–H and O–H groups in total. The molecule has 1 aromatic carbocycles. The number of amides is 1. The molecule has 0 unspecified atom stereocenters. The molecule has 1 fully saturated rings. The number of hydrogen-bond acceptors (Lipinski definition) is 5. The van der Waals surface area contributed by atoms with Crippen LogP contribution < -0.4 is 10.1 Å². The first kappa shape index (κ1) is 19.4. The van der Waals surface area contributed by atoms with E-state index in [9.17, 15) is 13.2 Å². The first-order valence-corrected chi connectivity index (χ1v) is 10.4. The molecule has 2 heterocycles. The molecule has 0 spiro atoms. The highest BCUT2D eigenvalue weighted by molar-refractivity contribution is 7.89. The van der Waals surface area contributed by atoms with Crippen molar-refractivity contribution < 1.29 is 17.9 Å². The van der Waals surface area contributed by atoms with Crippen molar-refractivity contribution in [3.63, 3.8) is 0 Å². The van der Waals surface area contributed by atoms with Crippen LogP contribution in [0.15, 0.2) is 41.8 Å². The Hall–Kier alpha value is -2.39. The quantitative estimate of drug-likeness (QED) is 0.812. The number of methoxy groups -OCH3 is 1. The SMILES string of the molecule is COc1ccc(S(=O)(=O)N2CCCCCC2)cc1NC(=O)Cn1ccnc1. The van der Waals surface area contributed by atoms with E-state index in [4.69, 9.17) is 4.74 Å². The van der Waals surface area contributed by atoms with E-state index < -0.39 is 10.0 Å². The van der Waals surface area contributed by atoms with Crippen molar-refractivity contribution in [1.82, 2.24) is 13.9 Å². The van der Waals surface area contributed by atoms with Crippen LogP contribution in [0.5, 0.6) is 5.75 Å². The van der Waals surface area contributed by atoms with Gasteiger partial charge in [0.2, 0.25) is 15.9 Å². The van der Waals surface area contributed by atoms with Crippen LogP contribution >= 0.6 is 0 Å². The molecule has 0 aliphatic carbocycles. The molecule has 0 radical (unpaired) electrons. The lowest BCUT2D eigenvalue weighted by Crippen LogP contribution is -2.32. The minimum atomic E-state index is -3.61. The number of hydrogen-bond donors (Lipinski definition) is 1. The highest BCUT2D eigenvalue weighted by Gasteiger charge is 2.26. The largest absolute Gasteiger partial charge is 0.495 e. The molecule has 0 atom stereocenters. The maximum atomic E-state index is 13.0. The normalized spacial score (nSPS) is 15.9. The molecule has 0 bridgehead atoms. The lowest BCUT2D eigenvalue weighted by molar-refractivity contribution is -0.116. The van der Waals surface area contributed by atoms with E-state index in [1.165, 1.54) is 29.9 Å². The minimum Gasteiger partial charge on any atom is -0.495 e. The number of aromatic nitrogens is 2. The number of carbonyl (C=O) groups is 1. The number of ether oxygens (including phenoxy) is 1. The number of sulfonamides is 1. The second-order valence-electron chi connectivity index (χ2n) is 6.46. The Labute approximate surface area is 159 Å². The summed E-state index contributed by atoms with van der Waals surface area (Å²) in [5, 5.41) is 2.73. The predicted molar refractivity (Wildman–Crippen MR) is 101 cm³/mol. The van der Waals surface area contributed by atoms with Gasteiger partial charge in [0.1, 0.15) is 12.3 Å². The van der Waals surface area contributed by atoms with Crippen molar-refractivity contribution in [3.8, 4) is 5.75 Å². The number of rotatable bonds is 6. The average Bonchev–Trinajstić information content (AvgIpc) is 2.99. The summed E-state index contributed by atoms with van der Waals surface area (Å²) in [6, 6.07) is 4.55. The monoisotopic (exact) mass is 392 g/mol. The van der Waals surface area contributed by atoms with Crippen LogP contribution in [0.4, 0.5) is 5.69 Å². The predicted octanol–water partition coefficient (Wildman–Crippen LogP) is 2.10. The molecule has 8 nitrogen and oxygen atoms in total. The number of benzene rings is 1. The zero-order chi connectivity index (χ0) is 19.3. The third-order valence-corrected chi connectivity index (χ3v) is 6.43. The maximum Gasteiger partial charge on any atom is 0.244 e. The van der Waals surface area contributed by atoms with Crippen molar-refractivity contribution in [2.45, 2.75) is 37.1 Å². The number of imidazole rings is 1. The summed E-state index contributed by atoms with van der Waals surface area (Å²) in [5.41, 5.74) is 0.332. The van der Waals surface area contributed by atoms with Gasteiger partial charge in [0.25, 0.3) is 0 Å². The number of anilines is 1. The fourth-order valence-corrected chi connectivity index (χ4v) is 4.66. The van der Waals surface area contributed by atoms with Gasteiger partial charge in [-0.05, 0) is 31.0 Å². The Morgan fingerprint density at radius 1 is 1.22 bits per heavy atom. The van der Waals surface area contributed by atoms with Crippen LogP contribution in [0.25, 0.3) is 0 Å². The van der Waals surface area contributed by atoms with E-state index in [1.807, 2.05) is 0 Å². The third-order valence-electron chi connectivity index (χ3n) is 4.53. The summed E-state index contributed by atoms with van der Waals surface area (Å²) in [6.45, 7) is 1.12. The van der Waals surface area contributed by atoms with E-state index in [0.717, 1.165) is 25.7 Å². The molecule has 146 valence electrons. The fourth-order valence-electron chi connectivity index (χ4n) is 3.11. The van der Waals surface area contributed by atoms with Gasteiger partial charge < -0.3 is 14.6 Å². The molecule has 1 amide bonds. The van der Waals surface area contributed by atoms with Gasteiger partial charge in [-0.2, -0.15) is 4.31 Å². The molecular formula is C18H24N4O4S. The highest BCUT2D eigenvalue weighted by atomic mass is 32.2. The second-order valence-corrected chi connectivity index (χ2v) is 8.40. The van der Waals surface area contributed by atoms with Crippen LogP contribution in [-0.4, -0.2) is 48.4 Å². The summed E-state index contributed by atoms with van der Waals surface area (Å²) in [6.07, 6.45) is 8.62. The lowest BCUT2D eigenvalue weighted by atomic mass is 10.2. The van der Waals surface area contributed by atoms with E-state index in [-0.39, 0.29) is 17.3 Å². The van der Waals surface area contributed by atoms with Crippen molar-refractivity contribution in [1.29, 1.82) is 0 Å². The maximum absolute atomic E-state index is 13.0. The summed E-state index contributed by atoms with van der Waals surface area (Å²) in [4.78, 5) is 16.3. The van der Waals surface area contributed by atoms with Gasteiger partial charge in [0, 0.05) is 25.5 Å². The average molecular weight is 392 g/mol. The molecular weight excluding hydrogens is 368 g/mol. The van der Waals surface area contributed by atoms with Crippen molar-refractivity contribution in [2.24, 2.45) is 0 Å².